The molecule has 0 heterocycles. The number of hydrogen-bond donors (Lipinski definition) is 1. The predicted octanol–water partition coefficient (Wildman–Crippen LogP) is 7.50. The van der Waals surface area contributed by atoms with Crippen LogP contribution in [0.15, 0.2) is 59.7 Å². The maximum Gasteiger partial charge on any atom is 0.0787 e. The van der Waals surface area contributed by atoms with Gasteiger partial charge in [0.15, 0.2) is 0 Å². The molecule has 1 aromatic rings. The quantitative estimate of drug-likeness (QED) is 0.445. The van der Waals surface area contributed by atoms with Gasteiger partial charge >= 0.3 is 0 Å². The van der Waals surface area contributed by atoms with E-state index in [9.17, 15) is 5.11 Å². The molecule has 0 aliphatic heterocycles. The van der Waals surface area contributed by atoms with Crippen LogP contribution < -0.4 is 5.30 Å². The van der Waals surface area contributed by atoms with Crippen LogP contribution in [0.2, 0.25) is 0 Å². The van der Waals surface area contributed by atoms with Crippen molar-refractivity contribution in [1.82, 2.24) is 0 Å². The topological polar surface area (TPSA) is 20.2 Å². The van der Waals surface area contributed by atoms with Crippen LogP contribution >= 0.6 is 8.58 Å². The van der Waals surface area contributed by atoms with Gasteiger partial charge in [-0.1, -0.05) is 76.6 Å². The van der Waals surface area contributed by atoms with Crippen molar-refractivity contribution in [2.45, 2.75) is 84.7 Å². The molecule has 32 heavy (non-hydrogen) atoms. The lowest BCUT2D eigenvalue weighted by Crippen LogP contribution is -2.36. The largest absolute Gasteiger partial charge is 0.388 e. The number of benzene rings is 1. The zero-order valence-electron chi connectivity index (χ0n) is 20.5. The summed E-state index contributed by atoms with van der Waals surface area (Å²) in [6.07, 6.45) is 16.9. The van der Waals surface area contributed by atoms with E-state index in [0.29, 0.717) is 5.41 Å². The van der Waals surface area contributed by atoms with E-state index in [4.69, 9.17) is 0 Å². The van der Waals surface area contributed by atoms with E-state index in [2.05, 4.69) is 63.8 Å². The minimum absolute atomic E-state index is 0.331. The second-order valence-electron chi connectivity index (χ2n) is 11.0. The SMILES string of the molecule is C=C1/C(=C\C=C2/CCCC3(C)C2CCC3[C@H](C)CCPc2ccc(C)cc2)CCCC1O. The van der Waals surface area contributed by atoms with Crippen LogP contribution in [0.4, 0.5) is 0 Å². The van der Waals surface area contributed by atoms with Gasteiger partial charge in [0.25, 0.3) is 0 Å². The first-order valence-electron chi connectivity index (χ1n) is 13.0. The van der Waals surface area contributed by atoms with E-state index in [1.165, 1.54) is 61.1 Å². The normalized spacial score (nSPS) is 34.5. The number of hydrogen-bond acceptors (Lipinski definition) is 1. The highest BCUT2D eigenvalue weighted by Crippen LogP contribution is 2.59. The van der Waals surface area contributed by atoms with Crippen LogP contribution in [0.1, 0.15) is 77.2 Å². The molecule has 0 saturated heterocycles. The summed E-state index contributed by atoms with van der Waals surface area (Å²) in [5.74, 6) is 2.42. The first kappa shape index (κ1) is 24.0. The summed E-state index contributed by atoms with van der Waals surface area (Å²) in [5.41, 5.74) is 5.74. The fourth-order valence-corrected chi connectivity index (χ4v) is 8.25. The molecule has 6 atom stereocenters. The van der Waals surface area contributed by atoms with Crippen molar-refractivity contribution in [3.8, 4) is 0 Å². The van der Waals surface area contributed by atoms with Gasteiger partial charge in [-0.2, -0.15) is 0 Å². The Balaban J connectivity index is 1.39. The molecule has 3 aliphatic rings. The standard InChI is InChI=1S/C30H43OP/c1-21-10-14-26(15-11-21)32-20-18-22(2)27-16-17-28-25(8-6-19-30(27,28)4)13-12-24-7-5-9-29(31)23(24)3/h10-15,22,27-29,31-32H,3,5-9,16-20H2,1-2,4H3/b24-12-,25-13+/t22-,27?,28?,29?,30?/m1/s1. The molecular formula is C30H43OP. The lowest BCUT2D eigenvalue weighted by molar-refractivity contribution is 0.0965. The first-order valence-corrected chi connectivity index (χ1v) is 14.2. The van der Waals surface area contributed by atoms with Gasteiger partial charge in [-0.3, -0.25) is 0 Å². The third-order valence-corrected chi connectivity index (χ3v) is 10.2. The van der Waals surface area contributed by atoms with E-state index in [1.807, 2.05) is 0 Å². The van der Waals surface area contributed by atoms with Gasteiger partial charge in [0.2, 0.25) is 0 Å². The molecule has 0 spiro atoms. The van der Waals surface area contributed by atoms with Gasteiger partial charge in [-0.25, -0.2) is 0 Å². The van der Waals surface area contributed by atoms with Crippen LogP contribution in [0.5, 0.6) is 0 Å². The van der Waals surface area contributed by atoms with Crippen LogP contribution in [-0.4, -0.2) is 17.4 Å². The van der Waals surface area contributed by atoms with Crippen molar-refractivity contribution in [1.29, 1.82) is 0 Å². The average molecular weight is 451 g/mol. The molecule has 1 N–H and O–H groups in total. The summed E-state index contributed by atoms with van der Waals surface area (Å²) < 4.78 is 0. The van der Waals surface area contributed by atoms with E-state index in [0.717, 1.165) is 51.2 Å². The fraction of sp³-hybridized carbons (Fsp3) is 0.600. The van der Waals surface area contributed by atoms with Crippen molar-refractivity contribution >= 4 is 13.9 Å². The Morgan fingerprint density at radius 3 is 2.69 bits per heavy atom. The molecule has 0 radical (unpaired) electrons. The molecule has 1 nitrogen and oxygen atoms in total. The van der Waals surface area contributed by atoms with E-state index in [-0.39, 0.29) is 6.10 Å². The molecule has 0 amide bonds. The highest BCUT2D eigenvalue weighted by Gasteiger charge is 2.50. The Hall–Kier alpha value is -1.17. The lowest BCUT2D eigenvalue weighted by atomic mass is 9.61. The van der Waals surface area contributed by atoms with Gasteiger partial charge < -0.3 is 5.11 Å². The molecule has 0 aromatic heterocycles. The van der Waals surface area contributed by atoms with Crippen LogP contribution in [0.3, 0.4) is 0 Å². The maximum absolute atomic E-state index is 10.2. The molecular weight excluding hydrogens is 407 g/mol. The summed E-state index contributed by atoms with van der Waals surface area (Å²) in [5, 5.41) is 11.7. The average Bonchev–Trinajstić information content (AvgIpc) is 3.14. The van der Waals surface area contributed by atoms with Crippen molar-refractivity contribution in [2.24, 2.45) is 23.2 Å². The maximum atomic E-state index is 10.2. The molecule has 4 rings (SSSR count). The molecule has 3 saturated carbocycles. The number of aliphatic hydroxyl groups is 1. The Bertz CT molecular complexity index is 863. The predicted molar refractivity (Wildman–Crippen MR) is 141 cm³/mol. The summed E-state index contributed by atoms with van der Waals surface area (Å²) in [4.78, 5) is 0. The van der Waals surface area contributed by atoms with Crippen LogP contribution in [0.25, 0.3) is 0 Å². The second-order valence-corrected chi connectivity index (χ2v) is 12.5. The lowest BCUT2D eigenvalue weighted by Gasteiger charge is -2.44. The Morgan fingerprint density at radius 2 is 1.91 bits per heavy atom. The number of aliphatic hydroxyl groups excluding tert-OH is 1. The highest BCUT2D eigenvalue weighted by atomic mass is 31.1. The Labute approximate surface area is 198 Å². The summed E-state index contributed by atoms with van der Waals surface area (Å²) in [6.45, 7) is 11.5. The number of aryl methyl sites for hydroxylation is 1. The van der Waals surface area contributed by atoms with Gasteiger partial charge in [0.1, 0.15) is 0 Å². The molecule has 174 valence electrons. The van der Waals surface area contributed by atoms with Crippen molar-refractivity contribution < 1.29 is 5.11 Å². The highest BCUT2D eigenvalue weighted by molar-refractivity contribution is 7.47. The molecule has 3 aliphatic carbocycles. The molecule has 5 unspecified atom stereocenters. The van der Waals surface area contributed by atoms with E-state index >= 15 is 0 Å². The third kappa shape index (κ3) is 5.15. The van der Waals surface area contributed by atoms with Crippen molar-refractivity contribution in [3.63, 3.8) is 0 Å². The minimum Gasteiger partial charge on any atom is -0.388 e. The zero-order chi connectivity index (χ0) is 22.7. The zero-order valence-corrected chi connectivity index (χ0v) is 21.5. The Kier molecular flexibility index (Phi) is 7.79. The number of allylic oxidation sites excluding steroid dienone is 3. The summed E-state index contributed by atoms with van der Waals surface area (Å²) >= 11 is 0. The van der Waals surface area contributed by atoms with Gasteiger partial charge in [0, 0.05) is 0 Å². The van der Waals surface area contributed by atoms with E-state index in [1.54, 1.807) is 5.57 Å². The number of fused-ring (bicyclic) bond motifs is 1. The second kappa shape index (κ2) is 10.4. The molecule has 3 fully saturated rings. The van der Waals surface area contributed by atoms with Crippen LogP contribution in [-0.2, 0) is 0 Å². The van der Waals surface area contributed by atoms with Gasteiger partial charge in [-0.05, 0) is 110 Å². The smallest absolute Gasteiger partial charge is 0.0787 e. The molecule has 0 bridgehead atoms. The summed E-state index contributed by atoms with van der Waals surface area (Å²) in [7, 11) is 0.945. The number of rotatable bonds is 6. The van der Waals surface area contributed by atoms with Gasteiger partial charge in [-0.15, -0.1) is 0 Å². The first-order chi connectivity index (χ1) is 15.4. The minimum atomic E-state index is -0.331. The van der Waals surface area contributed by atoms with Crippen LogP contribution in [0, 0.1) is 30.1 Å². The third-order valence-electron chi connectivity index (χ3n) is 8.94. The molecule has 1 aromatic carbocycles. The Morgan fingerprint density at radius 1 is 1.12 bits per heavy atom. The summed E-state index contributed by atoms with van der Waals surface area (Å²) in [6, 6.07) is 9.14. The van der Waals surface area contributed by atoms with Crippen molar-refractivity contribution in [2.75, 3.05) is 6.16 Å². The van der Waals surface area contributed by atoms with Crippen molar-refractivity contribution in [3.05, 3.63) is 65.3 Å². The van der Waals surface area contributed by atoms with E-state index < -0.39 is 0 Å². The fourth-order valence-electron chi connectivity index (χ4n) is 6.96. The van der Waals surface area contributed by atoms with Gasteiger partial charge in [0.05, 0.1) is 6.10 Å². The monoisotopic (exact) mass is 450 g/mol. The molecule has 2 heteroatoms.